The van der Waals surface area contributed by atoms with Crippen molar-refractivity contribution in [1.29, 1.82) is 0 Å². The molecule has 0 heterocycles. The molecule has 5 heteroatoms. The van der Waals surface area contributed by atoms with Crippen LogP contribution in [0, 0.1) is 5.92 Å². The van der Waals surface area contributed by atoms with Crippen LogP contribution in [0.1, 0.15) is 19.4 Å². The Hall–Kier alpha value is -2.00. The topological polar surface area (TPSA) is 75.1 Å². The molecule has 0 aliphatic carbocycles. The molecule has 84 valence electrons. The van der Waals surface area contributed by atoms with E-state index in [9.17, 15) is 4.79 Å². The Kier molecular flexibility index (Phi) is 4.36. The van der Waals surface area contributed by atoms with Crippen LogP contribution in [0.5, 0.6) is 0 Å². The van der Waals surface area contributed by atoms with Crippen molar-refractivity contribution < 1.29 is 9.53 Å². The second kappa shape index (κ2) is 5.78. The van der Waals surface area contributed by atoms with Gasteiger partial charge in [-0.05, 0) is 11.1 Å². The minimum atomic E-state index is -0.223. The molecule has 0 bridgehead atoms. The van der Waals surface area contributed by atoms with Crippen LogP contribution in [0.15, 0.2) is 29.4 Å². The molecule has 16 heavy (non-hydrogen) atoms. The molecule has 0 atom stereocenters. The quantitative estimate of drug-likeness (QED) is 0.337. The Balaban J connectivity index is 2.55. The van der Waals surface area contributed by atoms with Crippen LogP contribution in [0.4, 0.5) is 5.69 Å². The Morgan fingerprint density at radius 1 is 1.44 bits per heavy atom. The van der Waals surface area contributed by atoms with Crippen molar-refractivity contribution in [2.24, 2.45) is 11.0 Å². The Bertz CT molecular complexity index is 406. The van der Waals surface area contributed by atoms with E-state index < -0.39 is 0 Å². The predicted molar refractivity (Wildman–Crippen MR) is 59.9 cm³/mol. The SMILES string of the molecule is CC(C)C(=O)OCc1ccc(N=[N+]=[N-])cc1. The van der Waals surface area contributed by atoms with Crippen LogP contribution in [-0.2, 0) is 16.1 Å². The standard InChI is InChI=1S/C11H13N3O2/c1-8(2)11(15)16-7-9-3-5-10(6-4-9)13-14-12/h3-6,8H,7H2,1-2H3. The second-order valence-corrected chi connectivity index (χ2v) is 3.62. The lowest BCUT2D eigenvalue weighted by molar-refractivity contribution is -0.148. The summed E-state index contributed by atoms with van der Waals surface area (Å²) in [5.74, 6) is -0.346. The van der Waals surface area contributed by atoms with E-state index in [0.717, 1.165) is 5.56 Å². The molecular formula is C11H13N3O2. The van der Waals surface area contributed by atoms with Crippen LogP contribution < -0.4 is 0 Å². The average Bonchev–Trinajstić information content (AvgIpc) is 2.28. The molecule has 0 aliphatic rings. The van der Waals surface area contributed by atoms with Gasteiger partial charge >= 0.3 is 5.97 Å². The Labute approximate surface area is 93.7 Å². The molecule has 0 spiro atoms. The lowest BCUT2D eigenvalue weighted by Crippen LogP contribution is -2.11. The van der Waals surface area contributed by atoms with Crippen LogP contribution >= 0.6 is 0 Å². The van der Waals surface area contributed by atoms with Crippen molar-refractivity contribution >= 4 is 11.7 Å². The second-order valence-electron chi connectivity index (χ2n) is 3.62. The summed E-state index contributed by atoms with van der Waals surface area (Å²) in [5.41, 5.74) is 9.62. The van der Waals surface area contributed by atoms with E-state index >= 15 is 0 Å². The Morgan fingerprint density at radius 3 is 2.56 bits per heavy atom. The van der Waals surface area contributed by atoms with Gasteiger partial charge in [0.1, 0.15) is 6.61 Å². The molecule has 0 aromatic heterocycles. The van der Waals surface area contributed by atoms with Crippen LogP contribution in [0.3, 0.4) is 0 Å². The van der Waals surface area contributed by atoms with E-state index in [0.29, 0.717) is 5.69 Å². The van der Waals surface area contributed by atoms with E-state index in [4.69, 9.17) is 10.3 Å². The summed E-state index contributed by atoms with van der Waals surface area (Å²) in [7, 11) is 0. The number of hydrogen-bond donors (Lipinski definition) is 0. The third kappa shape index (κ3) is 3.63. The van der Waals surface area contributed by atoms with E-state index in [1.807, 2.05) is 0 Å². The van der Waals surface area contributed by atoms with Crippen LogP contribution in [0.25, 0.3) is 10.4 Å². The zero-order valence-electron chi connectivity index (χ0n) is 9.25. The molecule has 1 aromatic carbocycles. The number of benzene rings is 1. The van der Waals surface area contributed by atoms with Gasteiger partial charge in [0.15, 0.2) is 0 Å². The number of hydrogen-bond acceptors (Lipinski definition) is 3. The molecule has 0 unspecified atom stereocenters. The number of rotatable bonds is 4. The van der Waals surface area contributed by atoms with Crippen molar-refractivity contribution in [3.8, 4) is 0 Å². The monoisotopic (exact) mass is 219 g/mol. The van der Waals surface area contributed by atoms with Gasteiger partial charge in [-0.1, -0.05) is 43.2 Å². The number of carbonyl (C=O) groups excluding carboxylic acids is 1. The zero-order chi connectivity index (χ0) is 12.0. The van der Waals surface area contributed by atoms with Gasteiger partial charge in [0, 0.05) is 10.6 Å². The number of ether oxygens (including phenoxy) is 1. The van der Waals surface area contributed by atoms with Gasteiger partial charge in [0.05, 0.1) is 5.92 Å². The van der Waals surface area contributed by atoms with Crippen LogP contribution in [0.2, 0.25) is 0 Å². The maximum Gasteiger partial charge on any atom is 0.308 e. The van der Waals surface area contributed by atoms with Gasteiger partial charge in [-0.25, -0.2) is 0 Å². The molecule has 0 aliphatic heterocycles. The summed E-state index contributed by atoms with van der Waals surface area (Å²) in [4.78, 5) is 13.9. The van der Waals surface area contributed by atoms with E-state index in [-0.39, 0.29) is 18.5 Å². The van der Waals surface area contributed by atoms with Crippen LogP contribution in [-0.4, -0.2) is 5.97 Å². The lowest BCUT2D eigenvalue weighted by atomic mass is 10.2. The van der Waals surface area contributed by atoms with Gasteiger partial charge in [0.25, 0.3) is 0 Å². The first-order valence-electron chi connectivity index (χ1n) is 4.94. The lowest BCUT2D eigenvalue weighted by Gasteiger charge is -2.06. The van der Waals surface area contributed by atoms with Gasteiger partial charge < -0.3 is 4.74 Å². The first kappa shape index (κ1) is 12.1. The Morgan fingerprint density at radius 2 is 2.06 bits per heavy atom. The van der Waals surface area contributed by atoms with E-state index in [2.05, 4.69) is 10.0 Å². The van der Waals surface area contributed by atoms with Gasteiger partial charge in [-0.3, -0.25) is 4.79 Å². The van der Waals surface area contributed by atoms with E-state index in [1.165, 1.54) is 0 Å². The maximum absolute atomic E-state index is 11.2. The molecule has 5 nitrogen and oxygen atoms in total. The molecule has 1 aromatic rings. The summed E-state index contributed by atoms with van der Waals surface area (Å²) >= 11 is 0. The highest BCUT2D eigenvalue weighted by Crippen LogP contribution is 2.14. The number of azide groups is 1. The maximum atomic E-state index is 11.2. The van der Waals surface area contributed by atoms with Crippen molar-refractivity contribution in [2.45, 2.75) is 20.5 Å². The highest BCUT2D eigenvalue weighted by molar-refractivity contribution is 5.71. The van der Waals surface area contributed by atoms with Gasteiger partial charge in [-0.2, -0.15) is 0 Å². The summed E-state index contributed by atoms with van der Waals surface area (Å²) in [6, 6.07) is 6.88. The summed E-state index contributed by atoms with van der Waals surface area (Å²) in [6.45, 7) is 3.81. The average molecular weight is 219 g/mol. The fourth-order valence-corrected chi connectivity index (χ4v) is 1.03. The van der Waals surface area contributed by atoms with Crippen molar-refractivity contribution in [1.82, 2.24) is 0 Å². The number of nitrogens with zero attached hydrogens (tertiary/aromatic N) is 3. The molecule has 0 saturated carbocycles. The fraction of sp³-hybridized carbons (Fsp3) is 0.364. The summed E-state index contributed by atoms with van der Waals surface area (Å²) < 4.78 is 5.05. The third-order valence-corrected chi connectivity index (χ3v) is 1.95. The first-order valence-corrected chi connectivity index (χ1v) is 4.94. The smallest absolute Gasteiger partial charge is 0.308 e. The third-order valence-electron chi connectivity index (χ3n) is 1.95. The van der Waals surface area contributed by atoms with Gasteiger partial charge in [0.2, 0.25) is 0 Å². The largest absolute Gasteiger partial charge is 0.461 e. The summed E-state index contributed by atoms with van der Waals surface area (Å²) in [5, 5.41) is 3.44. The molecular weight excluding hydrogens is 206 g/mol. The minimum Gasteiger partial charge on any atom is -0.461 e. The predicted octanol–water partition coefficient (Wildman–Crippen LogP) is 3.33. The van der Waals surface area contributed by atoms with Gasteiger partial charge in [-0.15, -0.1) is 0 Å². The van der Waals surface area contributed by atoms with Crippen molar-refractivity contribution in [3.63, 3.8) is 0 Å². The molecule has 0 amide bonds. The minimum absolute atomic E-state index is 0.123. The number of esters is 1. The molecule has 0 radical (unpaired) electrons. The zero-order valence-corrected chi connectivity index (χ0v) is 9.25. The molecule has 0 N–H and O–H groups in total. The number of carbonyl (C=O) groups is 1. The molecule has 0 fully saturated rings. The van der Waals surface area contributed by atoms with Crippen molar-refractivity contribution in [2.75, 3.05) is 0 Å². The summed E-state index contributed by atoms with van der Waals surface area (Å²) in [6.07, 6.45) is 0. The highest BCUT2D eigenvalue weighted by Gasteiger charge is 2.07. The highest BCUT2D eigenvalue weighted by atomic mass is 16.5. The fourth-order valence-electron chi connectivity index (χ4n) is 1.03. The first-order chi connectivity index (χ1) is 7.63. The van der Waals surface area contributed by atoms with E-state index in [1.54, 1.807) is 38.1 Å². The normalized spacial score (nSPS) is 9.69. The molecule has 0 saturated heterocycles. The molecule has 1 rings (SSSR count). The van der Waals surface area contributed by atoms with Crippen molar-refractivity contribution in [3.05, 3.63) is 40.3 Å².